The average molecular weight is 267 g/mol. The quantitative estimate of drug-likeness (QED) is 0.771. The number of aromatic nitrogens is 1. The second kappa shape index (κ2) is 5.70. The molecule has 1 saturated carbocycles. The molecule has 1 aromatic rings. The van der Waals surface area contributed by atoms with Crippen LogP contribution in [0.15, 0.2) is 18.3 Å². The van der Waals surface area contributed by atoms with E-state index in [0.717, 1.165) is 31.2 Å². The van der Waals surface area contributed by atoms with E-state index in [9.17, 15) is 4.79 Å². The lowest BCUT2D eigenvalue weighted by molar-refractivity contribution is 0.0693. The average Bonchev–Trinajstić information content (AvgIpc) is 2.38. The third-order valence-electron chi connectivity index (χ3n) is 3.68. The molecule has 1 aromatic heterocycles. The lowest BCUT2D eigenvalue weighted by atomic mass is 9.93. The molecule has 0 spiro atoms. The minimum atomic E-state index is -0.0225. The molecule has 0 aromatic carbocycles. The van der Waals surface area contributed by atoms with Crippen LogP contribution in [-0.4, -0.2) is 34.3 Å². The molecule has 0 bridgehead atoms. The van der Waals surface area contributed by atoms with Gasteiger partial charge in [0.1, 0.15) is 5.69 Å². The topological polar surface area (TPSA) is 33.2 Å². The fraction of sp³-hybridized carbons (Fsp3) is 0.571. The van der Waals surface area contributed by atoms with Crippen molar-refractivity contribution in [3.63, 3.8) is 0 Å². The summed E-state index contributed by atoms with van der Waals surface area (Å²) in [4.78, 5) is 18.4. The van der Waals surface area contributed by atoms with E-state index >= 15 is 0 Å². The van der Waals surface area contributed by atoms with Crippen molar-refractivity contribution in [1.29, 1.82) is 0 Å². The summed E-state index contributed by atoms with van der Waals surface area (Å²) < 4.78 is 0. The van der Waals surface area contributed by atoms with Crippen molar-refractivity contribution in [2.45, 2.75) is 44.0 Å². The smallest absolute Gasteiger partial charge is 0.272 e. The van der Waals surface area contributed by atoms with Crippen LogP contribution in [0.3, 0.4) is 0 Å². The van der Waals surface area contributed by atoms with Gasteiger partial charge in [-0.3, -0.25) is 9.78 Å². The van der Waals surface area contributed by atoms with E-state index in [2.05, 4.69) is 4.98 Å². The number of pyridine rings is 1. The Hall–Kier alpha value is -1.09. The maximum absolute atomic E-state index is 12.4. The summed E-state index contributed by atoms with van der Waals surface area (Å²) in [6.07, 6.45) is 5.95. The number of rotatable bonds is 2. The largest absolute Gasteiger partial charge is 0.336 e. The fourth-order valence-corrected chi connectivity index (χ4v) is 2.98. The molecule has 1 amide bonds. The van der Waals surface area contributed by atoms with Gasteiger partial charge in [-0.1, -0.05) is 18.9 Å². The Morgan fingerprint density at radius 2 is 2.17 bits per heavy atom. The van der Waals surface area contributed by atoms with Crippen LogP contribution in [0.1, 0.15) is 41.7 Å². The molecular weight excluding hydrogens is 248 g/mol. The van der Waals surface area contributed by atoms with E-state index in [-0.39, 0.29) is 17.3 Å². The zero-order valence-electron chi connectivity index (χ0n) is 10.9. The van der Waals surface area contributed by atoms with Crippen LogP contribution in [-0.2, 0) is 0 Å². The van der Waals surface area contributed by atoms with Crippen molar-refractivity contribution < 1.29 is 4.79 Å². The minimum absolute atomic E-state index is 0.0225. The van der Waals surface area contributed by atoms with Gasteiger partial charge in [-0.2, -0.15) is 0 Å². The fourth-order valence-electron chi connectivity index (χ4n) is 2.53. The molecule has 0 saturated heterocycles. The van der Waals surface area contributed by atoms with Gasteiger partial charge in [0.15, 0.2) is 0 Å². The Kier molecular flexibility index (Phi) is 4.23. The van der Waals surface area contributed by atoms with Crippen molar-refractivity contribution >= 4 is 17.5 Å². The lowest BCUT2D eigenvalue weighted by Gasteiger charge is -2.34. The van der Waals surface area contributed by atoms with E-state index < -0.39 is 0 Å². The minimum Gasteiger partial charge on any atom is -0.336 e. The van der Waals surface area contributed by atoms with Gasteiger partial charge in [0.2, 0.25) is 0 Å². The molecule has 1 fully saturated rings. The van der Waals surface area contributed by atoms with Gasteiger partial charge in [0.05, 0.1) is 5.38 Å². The number of hydrogen-bond acceptors (Lipinski definition) is 2. The Morgan fingerprint density at radius 1 is 1.44 bits per heavy atom. The number of alkyl halides is 1. The molecule has 0 radical (unpaired) electrons. The molecule has 1 aliphatic rings. The number of nitrogens with zero attached hydrogens (tertiary/aromatic N) is 2. The predicted molar refractivity (Wildman–Crippen MR) is 73.0 cm³/mol. The lowest BCUT2D eigenvalue weighted by Crippen LogP contribution is -2.44. The molecule has 4 heteroatoms. The zero-order valence-corrected chi connectivity index (χ0v) is 11.7. The summed E-state index contributed by atoms with van der Waals surface area (Å²) >= 11 is 6.33. The number of carbonyl (C=O) groups is 1. The molecule has 2 atom stereocenters. The first-order chi connectivity index (χ1) is 8.61. The Morgan fingerprint density at radius 3 is 2.83 bits per heavy atom. The first-order valence-electron chi connectivity index (χ1n) is 6.44. The summed E-state index contributed by atoms with van der Waals surface area (Å²) in [5.74, 6) is -0.0225. The highest BCUT2D eigenvalue weighted by atomic mass is 35.5. The first-order valence-corrected chi connectivity index (χ1v) is 6.87. The van der Waals surface area contributed by atoms with E-state index in [0.29, 0.717) is 5.69 Å². The summed E-state index contributed by atoms with van der Waals surface area (Å²) in [5, 5.41) is 0.0664. The van der Waals surface area contributed by atoms with Crippen molar-refractivity contribution in [2.75, 3.05) is 7.05 Å². The van der Waals surface area contributed by atoms with Gasteiger partial charge in [-0.15, -0.1) is 11.6 Å². The highest BCUT2D eigenvalue weighted by Crippen LogP contribution is 2.27. The van der Waals surface area contributed by atoms with Crippen molar-refractivity contribution in [1.82, 2.24) is 9.88 Å². The van der Waals surface area contributed by atoms with Gasteiger partial charge in [0, 0.05) is 19.3 Å². The third-order valence-corrected chi connectivity index (χ3v) is 4.19. The van der Waals surface area contributed by atoms with Crippen LogP contribution < -0.4 is 0 Å². The SMILES string of the molecule is Cc1cccnc1C(=O)N(C)C1CCCCC1Cl. The van der Waals surface area contributed by atoms with Crippen LogP contribution in [0.4, 0.5) is 0 Å². The van der Waals surface area contributed by atoms with Gasteiger partial charge in [-0.05, 0) is 31.4 Å². The van der Waals surface area contributed by atoms with Gasteiger partial charge in [0.25, 0.3) is 5.91 Å². The summed E-state index contributed by atoms with van der Waals surface area (Å²) in [6, 6.07) is 3.89. The van der Waals surface area contributed by atoms with Gasteiger partial charge >= 0.3 is 0 Å². The number of carbonyl (C=O) groups excluding carboxylic acids is 1. The highest BCUT2D eigenvalue weighted by Gasteiger charge is 2.30. The van der Waals surface area contributed by atoms with E-state index in [1.165, 1.54) is 0 Å². The Bertz CT molecular complexity index is 436. The molecule has 2 unspecified atom stereocenters. The normalized spacial score (nSPS) is 23.7. The maximum atomic E-state index is 12.4. The van der Waals surface area contributed by atoms with E-state index in [1.54, 1.807) is 11.1 Å². The summed E-state index contributed by atoms with van der Waals surface area (Å²) in [6.45, 7) is 1.91. The number of halogens is 1. The van der Waals surface area contributed by atoms with Crippen LogP contribution in [0, 0.1) is 6.92 Å². The molecular formula is C14H19ClN2O. The van der Waals surface area contributed by atoms with Crippen molar-refractivity contribution in [3.8, 4) is 0 Å². The first kappa shape index (κ1) is 13.3. The van der Waals surface area contributed by atoms with E-state index in [1.807, 2.05) is 26.1 Å². The highest BCUT2D eigenvalue weighted by molar-refractivity contribution is 6.21. The van der Waals surface area contributed by atoms with Crippen LogP contribution in [0.5, 0.6) is 0 Å². The summed E-state index contributed by atoms with van der Waals surface area (Å²) in [7, 11) is 1.84. The summed E-state index contributed by atoms with van der Waals surface area (Å²) in [5.41, 5.74) is 1.45. The Labute approximate surface area is 113 Å². The van der Waals surface area contributed by atoms with Gasteiger partial charge < -0.3 is 4.90 Å². The second-order valence-corrected chi connectivity index (χ2v) is 5.51. The van der Waals surface area contributed by atoms with Crippen LogP contribution >= 0.6 is 11.6 Å². The third kappa shape index (κ3) is 2.66. The molecule has 3 nitrogen and oxygen atoms in total. The molecule has 98 valence electrons. The molecule has 0 N–H and O–H groups in total. The molecule has 2 rings (SSSR count). The monoisotopic (exact) mass is 266 g/mol. The number of hydrogen-bond donors (Lipinski definition) is 0. The molecule has 18 heavy (non-hydrogen) atoms. The molecule has 1 aliphatic carbocycles. The molecule has 1 heterocycles. The zero-order chi connectivity index (χ0) is 13.1. The van der Waals surface area contributed by atoms with Gasteiger partial charge in [-0.25, -0.2) is 0 Å². The number of aryl methyl sites for hydroxylation is 1. The maximum Gasteiger partial charge on any atom is 0.272 e. The van der Waals surface area contributed by atoms with E-state index in [4.69, 9.17) is 11.6 Å². The number of amides is 1. The van der Waals surface area contributed by atoms with Crippen molar-refractivity contribution in [2.24, 2.45) is 0 Å². The standard InChI is InChI=1S/C14H19ClN2O/c1-10-6-5-9-16-13(10)14(18)17(2)12-8-4-3-7-11(12)15/h5-6,9,11-12H,3-4,7-8H2,1-2H3. The second-order valence-electron chi connectivity index (χ2n) is 4.95. The predicted octanol–water partition coefficient (Wildman–Crippen LogP) is 3.01. The Balaban J connectivity index is 2.16. The van der Waals surface area contributed by atoms with Crippen LogP contribution in [0.2, 0.25) is 0 Å². The van der Waals surface area contributed by atoms with Crippen LogP contribution in [0.25, 0.3) is 0 Å². The molecule has 0 aliphatic heterocycles. The van der Waals surface area contributed by atoms with Crippen molar-refractivity contribution in [3.05, 3.63) is 29.6 Å².